The monoisotopic (exact) mass is 524 g/mol. The van der Waals surface area contributed by atoms with Crippen LogP contribution in [0.15, 0.2) is 29.8 Å². The summed E-state index contributed by atoms with van der Waals surface area (Å²) in [6.45, 7) is 0. The first-order valence-electron chi connectivity index (χ1n) is 10.7. The number of halogens is 3. The van der Waals surface area contributed by atoms with Gasteiger partial charge in [0.05, 0.1) is 18.9 Å². The third-order valence-electron chi connectivity index (χ3n) is 7.68. The third-order valence-corrected chi connectivity index (χ3v) is 9.09. The van der Waals surface area contributed by atoms with Gasteiger partial charge in [-0.3, -0.25) is 24.1 Å². The van der Waals surface area contributed by atoms with Gasteiger partial charge in [-0.25, -0.2) is 9.18 Å². The molecule has 1 aromatic rings. The van der Waals surface area contributed by atoms with Crippen molar-refractivity contribution in [3.8, 4) is 5.75 Å². The Morgan fingerprint density at radius 3 is 2.46 bits per heavy atom. The second kappa shape index (κ2) is 7.51. The number of benzene rings is 1. The number of ether oxygens (including phenoxy) is 1. The predicted octanol–water partition coefficient (Wildman–Crippen LogP) is 2.29. The van der Waals surface area contributed by atoms with Gasteiger partial charge >= 0.3 is 6.09 Å². The first kappa shape index (κ1) is 23.7. The van der Waals surface area contributed by atoms with Crippen LogP contribution in [0.5, 0.6) is 5.75 Å². The minimum absolute atomic E-state index is 0.0475. The highest BCUT2D eigenvalue weighted by Gasteiger charge is 2.76. The van der Waals surface area contributed by atoms with Gasteiger partial charge in [-0.2, -0.15) is 4.90 Å². The molecule has 0 bridgehead atoms. The standard InChI is InChI=1S/C23H19Cl2FN2O7/c1-27-19(32)22(24)8-12-10(4-5-11-15(12)18(31)28(17(11)30)21(34)35-2)16(23(22,25)20(27)33)9-3-6-14(29)13(26)7-9/h3-4,6-7,11-12,15-16,29H,5,8H2,1-2H3/t11-,12+,15-,16-,22+,23-/m0/s1. The van der Waals surface area contributed by atoms with Crippen molar-refractivity contribution in [2.45, 2.75) is 28.5 Å². The first-order chi connectivity index (χ1) is 16.4. The van der Waals surface area contributed by atoms with Gasteiger partial charge in [-0.15, -0.1) is 23.2 Å². The Hall–Kier alpha value is -2.98. The molecule has 0 radical (unpaired) electrons. The Morgan fingerprint density at radius 1 is 1.14 bits per heavy atom. The van der Waals surface area contributed by atoms with Crippen LogP contribution in [0.2, 0.25) is 0 Å². The number of amides is 5. The van der Waals surface area contributed by atoms with E-state index in [1.165, 1.54) is 13.1 Å². The Bertz CT molecular complexity index is 1270. The average Bonchev–Trinajstić information content (AvgIpc) is 3.15. The maximum atomic E-state index is 14.4. The number of carbonyl (C=O) groups excluding carboxylic acids is 5. The lowest BCUT2D eigenvalue weighted by atomic mass is 9.56. The molecule has 0 spiro atoms. The summed E-state index contributed by atoms with van der Waals surface area (Å²) >= 11 is 13.8. The van der Waals surface area contributed by atoms with Gasteiger partial charge < -0.3 is 9.84 Å². The van der Waals surface area contributed by atoms with Crippen LogP contribution in [-0.2, 0) is 23.9 Å². The maximum absolute atomic E-state index is 14.4. The van der Waals surface area contributed by atoms with Crippen molar-refractivity contribution in [1.82, 2.24) is 9.80 Å². The Kier molecular flexibility index (Phi) is 5.09. The van der Waals surface area contributed by atoms with Crippen molar-refractivity contribution in [1.29, 1.82) is 0 Å². The molecule has 1 aromatic carbocycles. The fourth-order valence-electron chi connectivity index (χ4n) is 6.09. The minimum Gasteiger partial charge on any atom is -0.505 e. The smallest absolute Gasteiger partial charge is 0.423 e. The second-order valence-corrected chi connectivity index (χ2v) is 10.4. The molecule has 2 aliphatic heterocycles. The second-order valence-electron chi connectivity index (χ2n) is 9.19. The number of carbonyl (C=O) groups is 5. The predicted molar refractivity (Wildman–Crippen MR) is 118 cm³/mol. The van der Waals surface area contributed by atoms with E-state index in [4.69, 9.17) is 23.2 Å². The summed E-state index contributed by atoms with van der Waals surface area (Å²) in [5.41, 5.74) is 0.597. The molecule has 35 heavy (non-hydrogen) atoms. The molecule has 2 saturated heterocycles. The van der Waals surface area contributed by atoms with Gasteiger partial charge in [0.25, 0.3) is 11.8 Å². The van der Waals surface area contributed by atoms with Gasteiger partial charge in [0, 0.05) is 13.0 Å². The molecule has 3 fully saturated rings. The zero-order chi connectivity index (χ0) is 25.6. The highest BCUT2D eigenvalue weighted by Crippen LogP contribution is 2.65. The number of phenols is 1. The van der Waals surface area contributed by atoms with Crippen molar-refractivity contribution in [2.24, 2.45) is 17.8 Å². The molecule has 0 unspecified atom stereocenters. The SMILES string of the molecule is COC(=O)N1C(=O)[C@H]2[C@H](CC=C3[C@H]2C[C@@]2(Cl)C(=O)N(C)C(=O)[C@@]2(Cl)[C@H]3c2ccc(O)c(F)c2)C1=O. The summed E-state index contributed by atoms with van der Waals surface area (Å²) in [7, 11) is 2.27. The number of rotatable bonds is 1. The zero-order valence-electron chi connectivity index (χ0n) is 18.5. The number of alkyl halides is 2. The van der Waals surface area contributed by atoms with Crippen LogP contribution in [0.25, 0.3) is 0 Å². The van der Waals surface area contributed by atoms with Gasteiger partial charge in [0.15, 0.2) is 21.3 Å². The van der Waals surface area contributed by atoms with E-state index < -0.39 is 74.7 Å². The fraction of sp³-hybridized carbons (Fsp3) is 0.435. The number of allylic oxidation sites excluding steroid dienone is 2. The summed E-state index contributed by atoms with van der Waals surface area (Å²) < 4.78 is 19.0. The van der Waals surface area contributed by atoms with Crippen LogP contribution in [0.3, 0.4) is 0 Å². The molecule has 6 atom stereocenters. The number of phenolic OH excluding ortho intramolecular Hbond substituents is 1. The van der Waals surface area contributed by atoms with Crippen LogP contribution in [-0.4, -0.2) is 68.5 Å². The van der Waals surface area contributed by atoms with Crippen LogP contribution in [0.4, 0.5) is 9.18 Å². The number of likely N-dealkylation sites (tertiary alicyclic amines) is 2. The lowest BCUT2D eigenvalue weighted by Gasteiger charge is -2.50. The van der Waals surface area contributed by atoms with Crippen molar-refractivity contribution in [3.63, 3.8) is 0 Å². The average molecular weight is 525 g/mol. The highest BCUT2D eigenvalue weighted by atomic mass is 35.5. The van der Waals surface area contributed by atoms with Gasteiger partial charge in [-0.05, 0) is 36.5 Å². The fourth-order valence-corrected chi connectivity index (χ4v) is 7.11. The number of fused-ring (bicyclic) bond motifs is 4. The molecule has 5 amide bonds. The number of nitrogens with zero attached hydrogens (tertiary/aromatic N) is 2. The summed E-state index contributed by atoms with van der Waals surface area (Å²) in [5, 5.41) is 9.70. The minimum atomic E-state index is -2.06. The molecule has 5 rings (SSSR count). The van der Waals surface area contributed by atoms with E-state index in [0.717, 1.165) is 24.1 Å². The molecule has 2 heterocycles. The van der Waals surface area contributed by atoms with Crippen molar-refractivity contribution < 1.29 is 38.2 Å². The Balaban J connectivity index is 1.72. The van der Waals surface area contributed by atoms with E-state index in [2.05, 4.69) is 4.74 Å². The molecular formula is C23H19Cl2FN2O7. The van der Waals surface area contributed by atoms with E-state index >= 15 is 0 Å². The molecule has 12 heteroatoms. The molecule has 1 N–H and O–H groups in total. The lowest BCUT2D eigenvalue weighted by molar-refractivity contribution is -0.139. The summed E-state index contributed by atoms with van der Waals surface area (Å²) in [4.78, 5) is 62.1. The molecule has 4 aliphatic rings. The topological polar surface area (TPSA) is 121 Å². The molecule has 184 valence electrons. The van der Waals surface area contributed by atoms with E-state index in [1.807, 2.05) is 0 Å². The summed E-state index contributed by atoms with van der Waals surface area (Å²) in [6.07, 6.45) is 0.309. The number of methoxy groups -OCH3 is 1. The quantitative estimate of drug-likeness (QED) is 0.339. The van der Waals surface area contributed by atoms with E-state index in [0.29, 0.717) is 10.5 Å². The molecule has 0 aromatic heterocycles. The van der Waals surface area contributed by atoms with E-state index in [1.54, 1.807) is 6.08 Å². The number of hydrogen-bond acceptors (Lipinski definition) is 7. The van der Waals surface area contributed by atoms with Crippen LogP contribution in [0, 0.1) is 23.6 Å². The third kappa shape index (κ3) is 2.78. The summed E-state index contributed by atoms with van der Waals surface area (Å²) in [5.74, 6) is -8.68. The van der Waals surface area contributed by atoms with Crippen molar-refractivity contribution in [2.75, 3.05) is 14.2 Å². The van der Waals surface area contributed by atoms with Crippen LogP contribution in [0.1, 0.15) is 24.3 Å². The molecule has 9 nitrogen and oxygen atoms in total. The Morgan fingerprint density at radius 2 is 1.83 bits per heavy atom. The maximum Gasteiger partial charge on any atom is 0.423 e. The number of hydrogen-bond donors (Lipinski definition) is 1. The zero-order valence-corrected chi connectivity index (χ0v) is 20.0. The normalized spacial score (nSPS) is 36.1. The van der Waals surface area contributed by atoms with Gasteiger partial charge in [-0.1, -0.05) is 17.7 Å². The van der Waals surface area contributed by atoms with Crippen molar-refractivity contribution in [3.05, 3.63) is 41.2 Å². The molecule has 1 saturated carbocycles. The Labute approximate surface area is 208 Å². The molecular weight excluding hydrogens is 506 g/mol. The van der Waals surface area contributed by atoms with Crippen LogP contribution < -0.4 is 0 Å². The highest BCUT2D eigenvalue weighted by molar-refractivity contribution is 6.53. The van der Waals surface area contributed by atoms with Gasteiger partial charge in [0.2, 0.25) is 11.8 Å². The first-order valence-corrected chi connectivity index (χ1v) is 11.5. The number of aromatic hydroxyl groups is 1. The lowest BCUT2D eigenvalue weighted by Crippen LogP contribution is -2.60. The van der Waals surface area contributed by atoms with Crippen LogP contribution >= 0.6 is 23.2 Å². The summed E-state index contributed by atoms with van der Waals surface area (Å²) in [6, 6.07) is 3.44. The number of imide groups is 4. The van der Waals surface area contributed by atoms with E-state index in [9.17, 15) is 33.5 Å². The van der Waals surface area contributed by atoms with Gasteiger partial charge in [0.1, 0.15) is 0 Å². The largest absolute Gasteiger partial charge is 0.505 e. The van der Waals surface area contributed by atoms with Crippen molar-refractivity contribution >= 4 is 52.9 Å². The molecule has 2 aliphatic carbocycles. The van der Waals surface area contributed by atoms with E-state index in [-0.39, 0.29) is 18.4 Å².